The Balaban J connectivity index is 2.06. The van der Waals surface area contributed by atoms with Crippen molar-refractivity contribution in [2.75, 3.05) is 5.32 Å². The molecule has 1 aromatic carbocycles. The summed E-state index contributed by atoms with van der Waals surface area (Å²) in [5.41, 5.74) is 1.11. The van der Waals surface area contributed by atoms with Crippen LogP contribution in [0.1, 0.15) is 12.8 Å². The summed E-state index contributed by atoms with van der Waals surface area (Å²) < 4.78 is 4.38. The first kappa shape index (κ1) is 7.33. The van der Waals surface area contributed by atoms with Crippen LogP contribution in [0.25, 0.3) is 10.9 Å². The van der Waals surface area contributed by atoms with Gasteiger partial charge in [-0.2, -0.15) is 4.37 Å². The second kappa shape index (κ2) is 2.70. The highest BCUT2D eigenvalue weighted by Crippen LogP contribution is 2.32. The third-order valence-electron chi connectivity index (χ3n) is 2.30. The molecule has 0 bridgehead atoms. The number of hydrogen-bond donors (Lipinski definition) is 1. The van der Waals surface area contributed by atoms with Gasteiger partial charge in [0.15, 0.2) is 0 Å². The van der Waals surface area contributed by atoms with Gasteiger partial charge in [-0.1, -0.05) is 12.1 Å². The smallest absolute Gasteiger partial charge is 0.117 e. The third kappa shape index (κ3) is 1.29. The molecule has 1 aromatic heterocycles. The molecular weight excluding hydrogens is 180 g/mol. The van der Waals surface area contributed by atoms with E-state index in [1.807, 2.05) is 6.07 Å². The van der Waals surface area contributed by atoms with E-state index in [2.05, 4.69) is 27.9 Å². The second-order valence-electron chi connectivity index (χ2n) is 3.45. The molecule has 2 aromatic rings. The van der Waals surface area contributed by atoms with E-state index in [1.165, 1.54) is 23.2 Å². The van der Waals surface area contributed by atoms with Gasteiger partial charge in [0.25, 0.3) is 0 Å². The van der Waals surface area contributed by atoms with Crippen LogP contribution in [0.5, 0.6) is 0 Å². The fraction of sp³-hybridized carbons (Fsp3) is 0.300. The SMILES string of the molecule is c1ccc2c(NC3CC3)snc2c1. The molecule has 3 heteroatoms. The van der Waals surface area contributed by atoms with E-state index in [-0.39, 0.29) is 0 Å². The van der Waals surface area contributed by atoms with E-state index in [0.717, 1.165) is 5.52 Å². The van der Waals surface area contributed by atoms with E-state index in [9.17, 15) is 0 Å². The van der Waals surface area contributed by atoms with E-state index in [0.29, 0.717) is 6.04 Å². The first-order valence-corrected chi connectivity index (χ1v) is 5.32. The highest BCUT2D eigenvalue weighted by Gasteiger charge is 2.22. The largest absolute Gasteiger partial charge is 0.372 e. The van der Waals surface area contributed by atoms with Gasteiger partial charge < -0.3 is 5.32 Å². The van der Waals surface area contributed by atoms with Gasteiger partial charge >= 0.3 is 0 Å². The Bertz CT molecular complexity index is 431. The molecule has 66 valence electrons. The van der Waals surface area contributed by atoms with Crippen molar-refractivity contribution in [1.29, 1.82) is 0 Å². The summed E-state index contributed by atoms with van der Waals surface area (Å²) in [5.74, 6) is 0. The lowest BCUT2D eigenvalue weighted by atomic mass is 10.2. The molecule has 1 heterocycles. The second-order valence-corrected chi connectivity index (χ2v) is 4.22. The van der Waals surface area contributed by atoms with Crippen LogP contribution in [0.3, 0.4) is 0 Å². The van der Waals surface area contributed by atoms with Crippen LogP contribution >= 0.6 is 11.5 Å². The van der Waals surface area contributed by atoms with E-state index < -0.39 is 0 Å². The third-order valence-corrected chi connectivity index (χ3v) is 3.10. The molecule has 1 aliphatic carbocycles. The predicted octanol–water partition coefficient (Wildman–Crippen LogP) is 2.87. The number of hydrogen-bond acceptors (Lipinski definition) is 3. The molecule has 0 radical (unpaired) electrons. The number of benzene rings is 1. The minimum absolute atomic E-state index is 0.712. The molecule has 0 atom stereocenters. The van der Waals surface area contributed by atoms with Gasteiger partial charge in [-0.25, -0.2) is 0 Å². The van der Waals surface area contributed by atoms with Gasteiger partial charge in [0.05, 0.1) is 5.52 Å². The maximum absolute atomic E-state index is 4.38. The van der Waals surface area contributed by atoms with E-state index >= 15 is 0 Å². The number of fused-ring (bicyclic) bond motifs is 1. The van der Waals surface area contributed by atoms with Crippen LogP contribution in [-0.4, -0.2) is 10.4 Å². The molecule has 0 aliphatic heterocycles. The number of aromatic nitrogens is 1. The van der Waals surface area contributed by atoms with Crippen molar-refractivity contribution < 1.29 is 0 Å². The lowest BCUT2D eigenvalue weighted by Crippen LogP contribution is -1.98. The van der Waals surface area contributed by atoms with Crippen molar-refractivity contribution >= 4 is 27.4 Å². The highest BCUT2D eigenvalue weighted by molar-refractivity contribution is 7.11. The Hall–Kier alpha value is -1.09. The molecule has 1 aliphatic rings. The molecule has 1 saturated carbocycles. The topological polar surface area (TPSA) is 24.9 Å². The fourth-order valence-corrected chi connectivity index (χ4v) is 2.25. The summed E-state index contributed by atoms with van der Waals surface area (Å²) in [6.07, 6.45) is 2.62. The molecule has 0 saturated heterocycles. The number of nitrogens with one attached hydrogen (secondary N) is 1. The van der Waals surface area contributed by atoms with Gasteiger partial charge in [0.1, 0.15) is 5.00 Å². The monoisotopic (exact) mass is 190 g/mol. The minimum Gasteiger partial charge on any atom is -0.372 e. The molecule has 2 nitrogen and oxygen atoms in total. The summed E-state index contributed by atoms with van der Waals surface area (Å²) in [7, 11) is 0. The zero-order chi connectivity index (χ0) is 8.67. The maximum atomic E-state index is 4.38. The van der Waals surface area contributed by atoms with E-state index in [1.54, 1.807) is 11.5 Å². The first-order chi connectivity index (χ1) is 6.43. The fourth-order valence-electron chi connectivity index (χ4n) is 1.41. The quantitative estimate of drug-likeness (QED) is 0.787. The molecule has 1 N–H and O–H groups in total. The first-order valence-electron chi connectivity index (χ1n) is 4.54. The van der Waals surface area contributed by atoms with Crippen molar-refractivity contribution in [2.45, 2.75) is 18.9 Å². The highest BCUT2D eigenvalue weighted by atomic mass is 32.1. The molecule has 13 heavy (non-hydrogen) atoms. The lowest BCUT2D eigenvalue weighted by molar-refractivity contribution is 1.17. The van der Waals surface area contributed by atoms with Gasteiger partial charge in [0, 0.05) is 11.4 Å². The average molecular weight is 190 g/mol. The summed E-state index contributed by atoms with van der Waals surface area (Å²) in [6, 6.07) is 8.99. The molecule has 1 fully saturated rings. The molecule has 0 unspecified atom stereocenters. The zero-order valence-corrected chi connectivity index (χ0v) is 7.97. The summed E-state index contributed by atoms with van der Waals surface area (Å²) in [5, 5.41) is 5.99. The standard InChI is InChI=1S/C10H10N2S/c1-2-4-9-8(3-1)10(13-12-9)11-7-5-6-7/h1-4,7,11H,5-6H2. The normalized spacial score (nSPS) is 16.3. The van der Waals surface area contributed by atoms with Crippen LogP contribution in [0.4, 0.5) is 5.00 Å². The number of rotatable bonds is 2. The molecular formula is C10H10N2S. The van der Waals surface area contributed by atoms with Crippen molar-refractivity contribution in [3.05, 3.63) is 24.3 Å². The molecule has 3 rings (SSSR count). The van der Waals surface area contributed by atoms with Crippen LogP contribution in [0, 0.1) is 0 Å². The van der Waals surface area contributed by atoms with Gasteiger partial charge in [0.2, 0.25) is 0 Å². The maximum Gasteiger partial charge on any atom is 0.117 e. The van der Waals surface area contributed by atoms with Gasteiger partial charge in [-0.3, -0.25) is 0 Å². The van der Waals surface area contributed by atoms with Crippen molar-refractivity contribution in [3.8, 4) is 0 Å². The Morgan fingerprint density at radius 3 is 3.00 bits per heavy atom. The Kier molecular flexibility index (Phi) is 1.52. The number of nitrogens with zero attached hydrogens (tertiary/aromatic N) is 1. The van der Waals surface area contributed by atoms with Crippen molar-refractivity contribution in [1.82, 2.24) is 4.37 Å². The van der Waals surface area contributed by atoms with Gasteiger partial charge in [-0.15, -0.1) is 0 Å². The van der Waals surface area contributed by atoms with E-state index in [4.69, 9.17) is 0 Å². The number of anilines is 1. The van der Waals surface area contributed by atoms with Crippen LogP contribution in [0.15, 0.2) is 24.3 Å². The minimum atomic E-state index is 0.712. The van der Waals surface area contributed by atoms with Crippen LogP contribution < -0.4 is 5.32 Å². The van der Waals surface area contributed by atoms with Crippen LogP contribution in [0.2, 0.25) is 0 Å². The van der Waals surface area contributed by atoms with Crippen molar-refractivity contribution in [3.63, 3.8) is 0 Å². The molecule has 0 spiro atoms. The molecule has 0 amide bonds. The lowest BCUT2D eigenvalue weighted by Gasteiger charge is -1.98. The summed E-state index contributed by atoms with van der Waals surface area (Å²) in [6.45, 7) is 0. The van der Waals surface area contributed by atoms with Crippen LogP contribution in [-0.2, 0) is 0 Å². The summed E-state index contributed by atoms with van der Waals surface area (Å²) in [4.78, 5) is 0. The Morgan fingerprint density at radius 2 is 2.15 bits per heavy atom. The average Bonchev–Trinajstić information content (AvgIpc) is 2.88. The van der Waals surface area contributed by atoms with Gasteiger partial charge in [-0.05, 0) is 36.5 Å². The van der Waals surface area contributed by atoms with Crippen molar-refractivity contribution in [2.24, 2.45) is 0 Å². The summed E-state index contributed by atoms with van der Waals surface area (Å²) >= 11 is 1.57. The Morgan fingerprint density at radius 1 is 1.31 bits per heavy atom. The predicted molar refractivity (Wildman–Crippen MR) is 56.3 cm³/mol. The Labute approximate surface area is 80.8 Å². The zero-order valence-electron chi connectivity index (χ0n) is 7.16.